The van der Waals surface area contributed by atoms with Gasteiger partial charge in [-0.15, -0.1) is 0 Å². The lowest BCUT2D eigenvalue weighted by Gasteiger charge is -2.40. The zero-order valence-corrected chi connectivity index (χ0v) is 19.7. The molecule has 0 bridgehead atoms. The van der Waals surface area contributed by atoms with Crippen LogP contribution in [0.25, 0.3) is 0 Å². The van der Waals surface area contributed by atoms with Crippen molar-refractivity contribution in [2.75, 3.05) is 12.8 Å². The van der Waals surface area contributed by atoms with Gasteiger partial charge in [-0.3, -0.25) is 9.59 Å². The van der Waals surface area contributed by atoms with Gasteiger partial charge in [0.15, 0.2) is 0 Å². The van der Waals surface area contributed by atoms with E-state index >= 15 is 0 Å². The Hall–Kier alpha value is -2.57. The third kappa shape index (κ3) is 5.38. The summed E-state index contributed by atoms with van der Waals surface area (Å²) in [6.45, 7) is 11.2. The highest BCUT2D eigenvalue weighted by Crippen LogP contribution is 2.57. The van der Waals surface area contributed by atoms with E-state index < -0.39 is 34.4 Å². The third-order valence-electron chi connectivity index (χ3n) is 6.61. The number of anilines is 1. The predicted octanol–water partition coefficient (Wildman–Crippen LogP) is 3.25. The molecule has 0 heterocycles. The molecule has 7 heteroatoms. The minimum atomic E-state index is -0.828. The number of carbonyl (C=O) groups is 3. The van der Waals surface area contributed by atoms with Gasteiger partial charge in [-0.2, -0.15) is 0 Å². The summed E-state index contributed by atoms with van der Waals surface area (Å²) < 4.78 is 10.6. The third-order valence-corrected chi connectivity index (χ3v) is 6.61. The first-order valence-corrected chi connectivity index (χ1v) is 10.7. The molecule has 0 aromatic heterocycles. The Morgan fingerprint density at radius 1 is 1.16 bits per heavy atom. The van der Waals surface area contributed by atoms with Crippen LogP contribution < -0.4 is 11.1 Å². The molecule has 1 aromatic carbocycles. The second-order valence-corrected chi connectivity index (χ2v) is 10.2. The highest BCUT2D eigenvalue weighted by molar-refractivity contribution is 5.88. The number of carbonyl (C=O) groups excluding carboxylic acids is 3. The summed E-state index contributed by atoms with van der Waals surface area (Å²) in [5.41, 5.74) is 5.14. The number of nitrogens with two attached hydrogens (primary N) is 1. The van der Waals surface area contributed by atoms with Crippen LogP contribution in [0.4, 0.5) is 5.69 Å². The summed E-state index contributed by atoms with van der Waals surface area (Å²) in [7, 11) is 1.30. The number of hydrogen-bond acceptors (Lipinski definition) is 6. The zero-order chi connectivity index (χ0) is 23.6. The van der Waals surface area contributed by atoms with Crippen LogP contribution in [0.3, 0.4) is 0 Å². The first kappa shape index (κ1) is 24.7. The number of amides is 1. The Kier molecular flexibility index (Phi) is 7.08. The van der Waals surface area contributed by atoms with Crippen molar-refractivity contribution in [3.05, 3.63) is 29.8 Å². The maximum absolute atomic E-state index is 13.2. The Bertz CT molecular complexity index is 825. The molecule has 1 amide bonds. The van der Waals surface area contributed by atoms with E-state index in [0.29, 0.717) is 18.5 Å². The lowest BCUT2D eigenvalue weighted by molar-refractivity contribution is -0.173. The second-order valence-electron chi connectivity index (χ2n) is 10.2. The summed E-state index contributed by atoms with van der Waals surface area (Å²) in [6, 6.07) is 6.30. The van der Waals surface area contributed by atoms with Crippen LogP contribution in [0.5, 0.6) is 0 Å². The molecule has 1 fully saturated rings. The Balaban J connectivity index is 2.19. The fourth-order valence-electron chi connectivity index (χ4n) is 4.21. The lowest BCUT2D eigenvalue weighted by Crippen LogP contribution is -2.51. The fraction of sp³-hybridized carbons (Fsp3) is 0.625. The van der Waals surface area contributed by atoms with Crippen molar-refractivity contribution in [1.29, 1.82) is 0 Å². The van der Waals surface area contributed by atoms with Crippen LogP contribution in [-0.2, 0) is 30.3 Å². The van der Waals surface area contributed by atoms with Crippen molar-refractivity contribution < 1.29 is 23.9 Å². The molecular formula is C24H36N2O5. The first-order valence-electron chi connectivity index (χ1n) is 10.7. The quantitative estimate of drug-likeness (QED) is 0.528. The molecule has 0 saturated heterocycles. The zero-order valence-electron chi connectivity index (χ0n) is 19.7. The lowest BCUT2D eigenvalue weighted by atomic mass is 9.65. The van der Waals surface area contributed by atoms with E-state index in [4.69, 9.17) is 15.2 Å². The number of rotatable bonds is 6. The number of ether oxygens (including phenoxy) is 2. The number of nitrogen functional groups attached to an aromatic ring is 1. The standard InChI is InChI=1S/C24H36N2O5/c1-22(2,3)31-21(29)24(6)13-12-17(23(24,4)5)19(27)26-18(20(28)30-7)14-15-8-10-16(25)11-9-15/h8-11,17-18H,12-14,25H2,1-7H3,(H,26,27)/t17-,18-,24+/m1/s1. The summed E-state index contributed by atoms with van der Waals surface area (Å²) in [5, 5.41) is 2.86. The average Bonchev–Trinajstić information content (AvgIpc) is 2.91. The van der Waals surface area contributed by atoms with Crippen molar-refractivity contribution in [1.82, 2.24) is 5.32 Å². The fourth-order valence-corrected chi connectivity index (χ4v) is 4.21. The topological polar surface area (TPSA) is 108 Å². The van der Waals surface area contributed by atoms with E-state index in [1.165, 1.54) is 7.11 Å². The number of benzene rings is 1. The van der Waals surface area contributed by atoms with Gasteiger partial charge in [0.05, 0.1) is 12.5 Å². The number of nitrogens with one attached hydrogen (secondary N) is 1. The van der Waals surface area contributed by atoms with Gasteiger partial charge in [-0.25, -0.2) is 4.79 Å². The van der Waals surface area contributed by atoms with Crippen molar-refractivity contribution in [3.8, 4) is 0 Å². The van der Waals surface area contributed by atoms with Gasteiger partial charge < -0.3 is 20.5 Å². The van der Waals surface area contributed by atoms with Gasteiger partial charge in [0.25, 0.3) is 0 Å². The molecular weight excluding hydrogens is 396 g/mol. The largest absolute Gasteiger partial charge is 0.467 e. The average molecular weight is 433 g/mol. The summed E-state index contributed by atoms with van der Waals surface area (Å²) in [6.07, 6.45) is 1.35. The molecule has 1 aliphatic carbocycles. The minimum absolute atomic E-state index is 0.261. The molecule has 3 N–H and O–H groups in total. The maximum atomic E-state index is 13.2. The van der Waals surface area contributed by atoms with Crippen LogP contribution in [0.15, 0.2) is 24.3 Å². The molecule has 0 radical (unpaired) electrons. The Morgan fingerprint density at radius 3 is 2.26 bits per heavy atom. The summed E-state index contributed by atoms with van der Waals surface area (Å²) in [4.78, 5) is 38.6. The van der Waals surface area contributed by atoms with Crippen LogP contribution >= 0.6 is 0 Å². The van der Waals surface area contributed by atoms with E-state index in [9.17, 15) is 14.4 Å². The van der Waals surface area contributed by atoms with Gasteiger partial charge in [0.2, 0.25) is 5.91 Å². The van der Waals surface area contributed by atoms with E-state index in [2.05, 4.69) is 5.32 Å². The van der Waals surface area contributed by atoms with Crippen molar-refractivity contribution in [2.24, 2.45) is 16.7 Å². The normalized spacial score (nSPS) is 23.6. The number of esters is 2. The predicted molar refractivity (Wildman–Crippen MR) is 119 cm³/mol. The van der Waals surface area contributed by atoms with Gasteiger partial charge in [-0.1, -0.05) is 26.0 Å². The second kappa shape index (κ2) is 8.89. The Morgan fingerprint density at radius 2 is 1.74 bits per heavy atom. The van der Waals surface area contributed by atoms with E-state index in [0.717, 1.165) is 5.56 Å². The molecule has 7 nitrogen and oxygen atoms in total. The molecule has 0 aliphatic heterocycles. The maximum Gasteiger partial charge on any atom is 0.328 e. The SMILES string of the molecule is COC(=O)[C@@H](Cc1ccc(N)cc1)NC(=O)[C@H]1CC[C@@](C)(C(=O)OC(C)(C)C)C1(C)C. The smallest absolute Gasteiger partial charge is 0.328 e. The summed E-state index contributed by atoms with van der Waals surface area (Å²) in [5.74, 6) is -1.52. The van der Waals surface area contributed by atoms with Gasteiger partial charge in [0.1, 0.15) is 11.6 Å². The highest BCUT2D eigenvalue weighted by atomic mass is 16.6. The molecule has 172 valence electrons. The Labute approximate surface area is 185 Å². The molecule has 1 aromatic rings. The van der Waals surface area contributed by atoms with Gasteiger partial charge in [0, 0.05) is 18.0 Å². The van der Waals surface area contributed by atoms with Crippen LogP contribution in [-0.4, -0.2) is 36.6 Å². The van der Waals surface area contributed by atoms with Crippen LogP contribution in [0.2, 0.25) is 0 Å². The van der Waals surface area contributed by atoms with E-state index in [-0.39, 0.29) is 18.3 Å². The number of hydrogen-bond donors (Lipinski definition) is 2. The molecule has 31 heavy (non-hydrogen) atoms. The van der Waals surface area contributed by atoms with E-state index in [1.54, 1.807) is 12.1 Å². The molecule has 3 atom stereocenters. The first-order chi connectivity index (χ1) is 14.2. The molecule has 0 spiro atoms. The van der Waals surface area contributed by atoms with Crippen LogP contribution in [0.1, 0.15) is 59.9 Å². The minimum Gasteiger partial charge on any atom is -0.467 e. The molecule has 1 saturated carbocycles. The van der Waals surface area contributed by atoms with Gasteiger partial charge in [-0.05, 0) is 63.6 Å². The number of methoxy groups -OCH3 is 1. The molecule has 2 rings (SSSR count). The van der Waals surface area contributed by atoms with Crippen molar-refractivity contribution in [3.63, 3.8) is 0 Å². The summed E-state index contributed by atoms with van der Waals surface area (Å²) >= 11 is 0. The molecule has 1 aliphatic rings. The van der Waals surface area contributed by atoms with Crippen LogP contribution in [0, 0.1) is 16.7 Å². The highest BCUT2D eigenvalue weighted by Gasteiger charge is 2.59. The monoisotopic (exact) mass is 432 g/mol. The van der Waals surface area contributed by atoms with Gasteiger partial charge >= 0.3 is 11.9 Å². The van der Waals surface area contributed by atoms with Crippen molar-refractivity contribution in [2.45, 2.75) is 72.4 Å². The van der Waals surface area contributed by atoms with E-state index in [1.807, 2.05) is 53.7 Å². The molecule has 0 unspecified atom stereocenters. The van der Waals surface area contributed by atoms with Crippen molar-refractivity contribution >= 4 is 23.5 Å².